The van der Waals surface area contributed by atoms with Crippen LogP contribution in [-0.4, -0.2) is 84.6 Å². The van der Waals surface area contributed by atoms with E-state index in [1.165, 1.54) is 167 Å². The number of likely N-dealkylation sites (N-methyl/N-ethyl adjacent to an activating group) is 1. The molecule has 0 aromatic carbocycles. The smallest absolute Gasteiger partial charge is 0.390 e. The van der Waals surface area contributed by atoms with E-state index in [1.807, 2.05) is 21.1 Å². The summed E-state index contributed by atoms with van der Waals surface area (Å²) >= 11 is 0. The minimum Gasteiger partial charge on any atom is -0.390 e. The molecule has 0 saturated heterocycles. The van der Waals surface area contributed by atoms with Crippen molar-refractivity contribution in [2.24, 2.45) is 5.92 Å². The van der Waals surface area contributed by atoms with E-state index in [2.05, 4.69) is 26.1 Å². The number of phosphoric acid groups is 1. The maximum Gasteiger partial charge on any atom is 0.472 e. The Kier molecular flexibility index (Phi) is 39.0. The molecule has 9 nitrogen and oxygen atoms in total. The number of unbranched alkanes of at least 4 members (excludes halogenated alkanes) is 29. The molecule has 0 aromatic rings. The summed E-state index contributed by atoms with van der Waals surface area (Å²) in [5, 5.41) is 24.7. The van der Waals surface area contributed by atoms with E-state index in [0.29, 0.717) is 23.9 Å². The third-order valence-electron chi connectivity index (χ3n) is 11.6. The van der Waals surface area contributed by atoms with E-state index in [4.69, 9.17) is 9.05 Å². The number of amides is 1. The molecule has 0 bridgehead atoms. The molecule has 0 aliphatic rings. The molecule has 0 heterocycles. The zero-order chi connectivity index (χ0) is 43.2. The molecule has 58 heavy (non-hydrogen) atoms. The zero-order valence-electron chi connectivity index (χ0n) is 39.3. The normalized spacial score (nSPS) is 14.8. The van der Waals surface area contributed by atoms with Gasteiger partial charge in [-0.25, -0.2) is 4.57 Å². The van der Waals surface area contributed by atoms with Gasteiger partial charge in [0.05, 0.1) is 39.9 Å². The Balaban J connectivity index is 4.26. The fourth-order valence-electron chi connectivity index (χ4n) is 7.62. The number of hydrogen-bond donors (Lipinski definition) is 4. The van der Waals surface area contributed by atoms with Crippen molar-refractivity contribution in [2.75, 3.05) is 40.9 Å². The van der Waals surface area contributed by atoms with Gasteiger partial charge in [-0.05, 0) is 18.8 Å². The van der Waals surface area contributed by atoms with Crippen LogP contribution in [0.3, 0.4) is 0 Å². The van der Waals surface area contributed by atoms with Gasteiger partial charge in [0, 0.05) is 6.42 Å². The van der Waals surface area contributed by atoms with Gasteiger partial charge in [-0.1, -0.05) is 220 Å². The van der Waals surface area contributed by atoms with Crippen molar-refractivity contribution in [3.63, 3.8) is 0 Å². The third kappa shape index (κ3) is 40.8. The van der Waals surface area contributed by atoms with Crippen molar-refractivity contribution in [2.45, 2.75) is 257 Å². The number of quaternary nitrogens is 1. The van der Waals surface area contributed by atoms with Gasteiger partial charge in [0.1, 0.15) is 19.3 Å². The summed E-state index contributed by atoms with van der Waals surface area (Å²) in [5.74, 6) is 0.518. The van der Waals surface area contributed by atoms with Gasteiger partial charge in [-0.15, -0.1) is 0 Å². The summed E-state index contributed by atoms with van der Waals surface area (Å²) in [6.07, 6.45) is 39.0. The lowest BCUT2D eigenvalue weighted by atomic mass is 9.99. The highest BCUT2D eigenvalue weighted by atomic mass is 31.2. The van der Waals surface area contributed by atoms with Crippen molar-refractivity contribution in [3.05, 3.63) is 0 Å². The molecule has 1 amide bonds. The van der Waals surface area contributed by atoms with E-state index in [1.54, 1.807) is 0 Å². The van der Waals surface area contributed by atoms with Crippen LogP contribution in [0.4, 0.5) is 0 Å². The summed E-state index contributed by atoms with van der Waals surface area (Å²) in [7, 11) is 1.45. The maximum atomic E-state index is 12.9. The van der Waals surface area contributed by atoms with E-state index < -0.39 is 32.7 Å². The molecular formula is C48H100N2O7P+. The monoisotopic (exact) mass is 848 g/mol. The fraction of sp³-hybridized carbons (Fsp3) is 0.979. The predicted molar refractivity (Wildman–Crippen MR) is 246 cm³/mol. The van der Waals surface area contributed by atoms with Crippen LogP contribution < -0.4 is 5.32 Å². The Morgan fingerprint density at radius 3 is 1.31 bits per heavy atom. The maximum absolute atomic E-state index is 12.9. The van der Waals surface area contributed by atoms with Gasteiger partial charge in [-0.3, -0.25) is 13.8 Å². The first-order valence-electron chi connectivity index (χ1n) is 24.8. The molecule has 4 N–H and O–H groups in total. The van der Waals surface area contributed by atoms with Crippen LogP contribution in [0.2, 0.25) is 0 Å². The Morgan fingerprint density at radius 2 is 0.931 bits per heavy atom. The molecule has 0 rings (SSSR count). The lowest BCUT2D eigenvalue weighted by Crippen LogP contribution is -2.51. The van der Waals surface area contributed by atoms with Gasteiger partial charge < -0.3 is 24.9 Å². The number of phosphoric ester groups is 1. The van der Waals surface area contributed by atoms with Crippen LogP contribution in [0.25, 0.3) is 0 Å². The molecule has 0 aliphatic carbocycles. The number of carbonyl (C=O) groups excluding carboxylic acids is 1. The highest BCUT2D eigenvalue weighted by molar-refractivity contribution is 7.47. The Morgan fingerprint density at radius 1 is 0.569 bits per heavy atom. The van der Waals surface area contributed by atoms with E-state index in [9.17, 15) is 24.5 Å². The molecule has 10 heteroatoms. The highest BCUT2D eigenvalue weighted by Gasteiger charge is 2.31. The van der Waals surface area contributed by atoms with Crippen molar-refractivity contribution in [1.82, 2.24) is 5.32 Å². The molecule has 0 aliphatic heterocycles. The minimum absolute atomic E-state index is 0.0248. The van der Waals surface area contributed by atoms with Gasteiger partial charge in [0.2, 0.25) is 5.91 Å². The highest BCUT2D eigenvalue weighted by Crippen LogP contribution is 2.43. The van der Waals surface area contributed by atoms with Crippen molar-refractivity contribution in [3.8, 4) is 0 Å². The van der Waals surface area contributed by atoms with Crippen LogP contribution in [0, 0.1) is 5.92 Å². The second-order valence-electron chi connectivity index (χ2n) is 19.2. The van der Waals surface area contributed by atoms with Crippen molar-refractivity contribution in [1.29, 1.82) is 0 Å². The summed E-state index contributed by atoms with van der Waals surface area (Å²) < 4.78 is 23.5. The lowest BCUT2D eigenvalue weighted by molar-refractivity contribution is -0.870. The summed E-state index contributed by atoms with van der Waals surface area (Å²) in [6.45, 7) is 6.93. The number of nitrogens with zero attached hydrogens (tertiary/aromatic N) is 1. The molecule has 0 fully saturated rings. The Bertz CT molecular complexity index is 948. The zero-order valence-corrected chi connectivity index (χ0v) is 40.2. The minimum atomic E-state index is -4.41. The third-order valence-corrected chi connectivity index (χ3v) is 12.6. The number of aliphatic hydroxyl groups excluding tert-OH is 2. The van der Waals surface area contributed by atoms with Crippen molar-refractivity contribution < 1.29 is 38.0 Å². The molecule has 4 atom stereocenters. The second-order valence-corrected chi connectivity index (χ2v) is 20.6. The molecule has 0 spiro atoms. The van der Waals surface area contributed by atoms with Crippen LogP contribution in [0.15, 0.2) is 0 Å². The van der Waals surface area contributed by atoms with Crippen molar-refractivity contribution >= 4 is 13.7 Å². The van der Waals surface area contributed by atoms with E-state index in [-0.39, 0.29) is 12.5 Å². The first-order valence-corrected chi connectivity index (χ1v) is 26.3. The number of nitrogens with one attached hydrogen (secondary N) is 1. The number of aliphatic hydroxyl groups is 2. The number of carbonyl (C=O) groups is 1. The first-order chi connectivity index (χ1) is 27.8. The molecule has 0 aromatic heterocycles. The predicted octanol–water partition coefficient (Wildman–Crippen LogP) is 13.0. The van der Waals surface area contributed by atoms with E-state index >= 15 is 0 Å². The number of hydrogen-bond acceptors (Lipinski definition) is 6. The average molecular weight is 848 g/mol. The topological polar surface area (TPSA) is 125 Å². The van der Waals surface area contributed by atoms with Gasteiger partial charge in [0.25, 0.3) is 0 Å². The molecule has 0 radical (unpaired) electrons. The summed E-state index contributed by atoms with van der Waals surface area (Å²) in [6, 6.07) is -1.03. The van der Waals surface area contributed by atoms with E-state index in [0.717, 1.165) is 44.4 Å². The van der Waals surface area contributed by atoms with Gasteiger partial charge in [0.15, 0.2) is 0 Å². The van der Waals surface area contributed by atoms with Gasteiger partial charge in [-0.2, -0.15) is 0 Å². The average Bonchev–Trinajstić information content (AvgIpc) is 3.16. The summed E-state index contributed by atoms with van der Waals surface area (Å²) in [4.78, 5) is 23.2. The Hall–Kier alpha value is -0.540. The second kappa shape index (κ2) is 39.3. The first kappa shape index (κ1) is 57.5. The quantitative estimate of drug-likeness (QED) is 0.0273. The lowest BCUT2D eigenvalue weighted by Gasteiger charge is -2.28. The standard InChI is InChI=1S/C48H99N2O7P/c1-7-8-9-10-11-12-13-14-15-16-17-18-19-20-21-22-23-24-25-26-31-34-37-40-47(52)49-45(43-57-58(54,55)56-42-41-50(4,5)6)48(53)46(51)39-36-33-30-28-27-29-32-35-38-44(2)3/h44-46,48,51,53H,7-43H2,1-6H3,(H-,49,52,54,55)/p+1/t45-,46+,48-/m0/s1. The van der Waals surface area contributed by atoms with Crippen LogP contribution >= 0.6 is 7.82 Å². The Labute approximate surface area is 360 Å². The largest absolute Gasteiger partial charge is 0.472 e. The van der Waals surface area contributed by atoms with Gasteiger partial charge >= 0.3 is 7.82 Å². The van der Waals surface area contributed by atoms with Crippen LogP contribution in [0.1, 0.15) is 239 Å². The molecule has 0 saturated carbocycles. The SMILES string of the molecule is CCCCCCCCCCCCCCCCCCCCCCCCCC(=O)N[C@@H](COP(=O)(O)OCC[N+](C)(C)C)[C@H](O)[C@H](O)CCCCCCCCCCC(C)C. The van der Waals surface area contributed by atoms with Crippen LogP contribution in [-0.2, 0) is 18.4 Å². The molecule has 348 valence electrons. The number of rotatable bonds is 45. The fourth-order valence-corrected chi connectivity index (χ4v) is 8.36. The molecule has 1 unspecified atom stereocenters. The molecular weight excluding hydrogens is 748 g/mol. The summed E-state index contributed by atoms with van der Waals surface area (Å²) in [5.41, 5.74) is 0. The van der Waals surface area contributed by atoms with Crippen LogP contribution in [0.5, 0.6) is 0 Å².